The molecule has 0 saturated carbocycles. The van der Waals surface area contributed by atoms with Crippen molar-refractivity contribution < 1.29 is 4.79 Å². The van der Waals surface area contributed by atoms with E-state index in [1.807, 2.05) is 47.4 Å². The maximum absolute atomic E-state index is 13.2. The summed E-state index contributed by atoms with van der Waals surface area (Å²) < 4.78 is 1.65. The molecule has 0 aliphatic carbocycles. The highest BCUT2D eigenvalue weighted by molar-refractivity contribution is 6.30. The zero-order valence-corrected chi connectivity index (χ0v) is 18.5. The van der Waals surface area contributed by atoms with Gasteiger partial charge >= 0.3 is 0 Å². The Kier molecular flexibility index (Phi) is 5.75. The smallest absolute Gasteiger partial charge is 0.255 e. The molecule has 0 spiro atoms. The molecule has 0 amide bonds. The number of anilines is 1. The highest BCUT2D eigenvalue weighted by atomic mass is 35.5. The highest BCUT2D eigenvalue weighted by Gasteiger charge is 2.31. The molecule has 0 N–H and O–H groups in total. The summed E-state index contributed by atoms with van der Waals surface area (Å²) in [6, 6.07) is 22.0. The number of hydrogen-bond acceptors (Lipinski definition) is 5. The van der Waals surface area contributed by atoms with Crippen LogP contribution in [0.1, 0.15) is 28.4 Å². The third-order valence-electron chi connectivity index (χ3n) is 5.89. The standard InChI is InChI=1S/C26H21ClN4O2/c27-21-8-6-20(7-9-21)24(32)17-31-23(19-4-2-1-3-5-19)12-15-30-25(33)16-22(29-26(30)31)18-10-13-28-14-11-18/h1-11,13-14,16,23H,12,15,17H2. The minimum Gasteiger partial charge on any atom is -0.327 e. The van der Waals surface area contributed by atoms with Crippen molar-refractivity contribution in [2.45, 2.75) is 19.0 Å². The average molecular weight is 457 g/mol. The van der Waals surface area contributed by atoms with E-state index in [0.29, 0.717) is 35.2 Å². The molecule has 3 heterocycles. The van der Waals surface area contributed by atoms with Crippen LogP contribution in [-0.2, 0) is 6.54 Å². The van der Waals surface area contributed by atoms with Crippen molar-refractivity contribution in [3.8, 4) is 11.3 Å². The number of carbonyl (C=O) groups is 1. The Morgan fingerprint density at radius 2 is 1.73 bits per heavy atom. The Morgan fingerprint density at radius 3 is 2.45 bits per heavy atom. The summed E-state index contributed by atoms with van der Waals surface area (Å²) in [6.07, 6.45) is 4.03. The summed E-state index contributed by atoms with van der Waals surface area (Å²) in [5.41, 5.74) is 2.87. The van der Waals surface area contributed by atoms with Crippen molar-refractivity contribution in [3.05, 3.63) is 112 Å². The Bertz CT molecular complexity index is 1340. The summed E-state index contributed by atoms with van der Waals surface area (Å²) >= 11 is 6.00. The first-order chi connectivity index (χ1) is 16.1. The predicted octanol–water partition coefficient (Wildman–Crippen LogP) is 4.79. The van der Waals surface area contributed by atoms with Crippen LogP contribution in [0.4, 0.5) is 5.95 Å². The number of ketones is 1. The van der Waals surface area contributed by atoms with E-state index in [0.717, 1.165) is 11.1 Å². The van der Waals surface area contributed by atoms with E-state index in [9.17, 15) is 9.59 Å². The van der Waals surface area contributed by atoms with Gasteiger partial charge in [0, 0.05) is 41.2 Å². The van der Waals surface area contributed by atoms with E-state index in [1.54, 1.807) is 47.3 Å². The molecule has 1 unspecified atom stereocenters. The molecule has 1 aliphatic heterocycles. The van der Waals surface area contributed by atoms with Crippen LogP contribution in [0.3, 0.4) is 0 Å². The molecule has 1 aliphatic rings. The van der Waals surface area contributed by atoms with Gasteiger partial charge in [-0.3, -0.25) is 19.1 Å². The van der Waals surface area contributed by atoms with E-state index < -0.39 is 0 Å². The number of pyridine rings is 1. The van der Waals surface area contributed by atoms with Gasteiger partial charge in [0.05, 0.1) is 18.3 Å². The number of Topliss-reactive ketones (excluding diaryl/α,β-unsaturated/α-hetero) is 1. The lowest BCUT2D eigenvalue weighted by atomic mass is 9.99. The maximum Gasteiger partial charge on any atom is 0.255 e. The van der Waals surface area contributed by atoms with Gasteiger partial charge in [-0.2, -0.15) is 0 Å². The first-order valence-corrected chi connectivity index (χ1v) is 11.1. The minimum absolute atomic E-state index is 0.0652. The molecule has 33 heavy (non-hydrogen) atoms. The molecule has 0 saturated heterocycles. The van der Waals surface area contributed by atoms with Crippen LogP contribution >= 0.6 is 11.6 Å². The summed E-state index contributed by atoms with van der Waals surface area (Å²) in [7, 11) is 0. The zero-order valence-electron chi connectivity index (χ0n) is 17.8. The second-order valence-corrected chi connectivity index (χ2v) is 8.38. The molecule has 6 nitrogen and oxygen atoms in total. The molecular formula is C26H21ClN4O2. The van der Waals surface area contributed by atoms with Crippen LogP contribution in [0.25, 0.3) is 11.3 Å². The summed E-state index contributed by atoms with van der Waals surface area (Å²) in [5.74, 6) is 0.432. The van der Waals surface area contributed by atoms with E-state index >= 15 is 0 Å². The van der Waals surface area contributed by atoms with Gasteiger partial charge in [-0.15, -0.1) is 0 Å². The van der Waals surface area contributed by atoms with Crippen LogP contribution in [-0.4, -0.2) is 26.9 Å². The molecule has 164 valence electrons. The van der Waals surface area contributed by atoms with Crippen molar-refractivity contribution in [3.63, 3.8) is 0 Å². The second-order valence-electron chi connectivity index (χ2n) is 7.94. The van der Waals surface area contributed by atoms with Crippen LogP contribution < -0.4 is 10.5 Å². The van der Waals surface area contributed by atoms with E-state index in [4.69, 9.17) is 16.6 Å². The molecule has 2 aromatic carbocycles. The lowest BCUT2D eigenvalue weighted by molar-refractivity contribution is 0.0994. The van der Waals surface area contributed by atoms with Crippen LogP contribution in [0.2, 0.25) is 5.02 Å². The highest BCUT2D eigenvalue weighted by Crippen LogP contribution is 2.34. The fourth-order valence-electron chi connectivity index (χ4n) is 4.22. The Balaban J connectivity index is 1.60. The summed E-state index contributed by atoms with van der Waals surface area (Å²) in [6.45, 7) is 0.621. The summed E-state index contributed by atoms with van der Waals surface area (Å²) in [5, 5.41) is 0.576. The predicted molar refractivity (Wildman–Crippen MR) is 129 cm³/mol. The number of aromatic nitrogens is 3. The van der Waals surface area contributed by atoms with Gasteiger partial charge in [0.1, 0.15) is 0 Å². The molecule has 7 heteroatoms. The fourth-order valence-corrected chi connectivity index (χ4v) is 4.35. The van der Waals surface area contributed by atoms with Gasteiger partial charge in [0.15, 0.2) is 5.78 Å². The van der Waals surface area contributed by atoms with Crippen molar-refractivity contribution in [1.29, 1.82) is 0 Å². The third-order valence-corrected chi connectivity index (χ3v) is 6.14. The van der Waals surface area contributed by atoms with Crippen molar-refractivity contribution in [2.75, 3.05) is 11.4 Å². The quantitative estimate of drug-likeness (QED) is 0.404. The lowest BCUT2D eigenvalue weighted by Gasteiger charge is -2.38. The molecule has 5 rings (SSSR count). The number of hydrogen-bond donors (Lipinski definition) is 0. The topological polar surface area (TPSA) is 68.1 Å². The molecule has 4 aromatic rings. The van der Waals surface area contributed by atoms with E-state index in [-0.39, 0.29) is 23.9 Å². The largest absolute Gasteiger partial charge is 0.327 e. The van der Waals surface area contributed by atoms with Crippen molar-refractivity contribution in [2.24, 2.45) is 0 Å². The molecule has 0 bridgehead atoms. The van der Waals surface area contributed by atoms with Gasteiger partial charge in [0.2, 0.25) is 5.95 Å². The minimum atomic E-state index is -0.137. The van der Waals surface area contributed by atoms with Crippen LogP contribution in [0, 0.1) is 0 Å². The Morgan fingerprint density at radius 1 is 1.00 bits per heavy atom. The van der Waals surface area contributed by atoms with Gasteiger partial charge in [-0.1, -0.05) is 41.9 Å². The first kappa shape index (κ1) is 21.1. The summed E-state index contributed by atoms with van der Waals surface area (Å²) in [4.78, 5) is 37.1. The first-order valence-electron chi connectivity index (χ1n) is 10.7. The van der Waals surface area contributed by atoms with E-state index in [1.165, 1.54) is 0 Å². The molecule has 0 fully saturated rings. The number of nitrogens with zero attached hydrogens (tertiary/aromatic N) is 4. The van der Waals surface area contributed by atoms with E-state index in [2.05, 4.69) is 4.98 Å². The van der Waals surface area contributed by atoms with Crippen LogP contribution in [0.15, 0.2) is 90.0 Å². The van der Waals surface area contributed by atoms with Gasteiger partial charge in [-0.05, 0) is 48.4 Å². The number of halogens is 1. The Hall–Kier alpha value is -3.77. The number of rotatable bonds is 5. The van der Waals surface area contributed by atoms with Crippen molar-refractivity contribution >= 4 is 23.3 Å². The number of carbonyl (C=O) groups excluding carboxylic acids is 1. The van der Waals surface area contributed by atoms with Gasteiger partial charge < -0.3 is 4.90 Å². The molecular weight excluding hydrogens is 436 g/mol. The van der Waals surface area contributed by atoms with Crippen LogP contribution in [0.5, 0.6) is 0 Å². The average Bonchev–Trinajstić information content (AvgIpc) is 2.85. The SMILES string of the molecule is O=C(CN1c2nc(-c3ccncc3)cc(=O)n2CCC1c1ccccc1)c1ccc(Cl)cc1. The number of benzene rings is 2. The third kappa shape index (κ3) is 4.30. The fraction of sp³-hybridized carbons (Fsp3) is 0.154. The lowest BCUT2D eigenvalue weighted by Crippen LogP contribution is -2.43. The van der Waals surface area contributed by atoms with Gasteiger partial charge in [-0.25, -0.2) is 4.98 Å². The molecule has 2 aromatic heterocycles. The Labute approximate surface area is 196 Å². The second kappa shape index (κ2) is 9.00. The molecule has 0 radical (unpaired) electrons. The number of fused-ring (bicyclic) bond motifs is 1. The maximum atomic E-state index is 13.2. The van der Waals surface area contributed by atoms with Crippen molar-refractivity contribution in [1.82, 2.24) is 14.5 Å². The zero-order chi connectivity index (χ0) is 22.8. The monoisotopic (exact) mass is 456 g/mol. The molecule has 1 atom stereocenters. The normalized spacial score (nSPS) is 15.2. The van der Waals surface area contributed by atoms with Gasteiger partial charge in [0.25, 0.3) is 5.56 Å².